The fourth-order valence-corrected chi connectivity index (χ4v) is 1.14. The number of aromatic nitrogens is 2. The molecule has 0 aliphatic heterocycles. The van der Waals surface area contributed by atoms with E-state index in [0.29, 0.717) is 11.5 Å². The Balaban J connectivity index is 3.30. The molecule has 15 heavy (non-hydrogen) atoms. The van der Waals surface area contributed by atoms with E-state index in [0.717, 1.165) is 6.21 Å². The van der Waals surface area contributed by atoms with Crippen molar-refractivity contribution in [3.63, 3.8) is 0 Å². The maximum absolute atomic E-state index is 8.43. The molecule has 0 aliphatic carbocycles. The van der Waals surface area contributed by atoms with Gasteiger partial charge in [-0.25, -0.2) is 4.98 Å². The summed E-state index contributed by atoms with van der Waals surface area (Å²) in [5.74, 6) is 0.684. The summed E-state index contributed by atoms with van der Waals surface area (Å²) < 4.78 is 5.00. The molecule has 0 atom stereocenters. The van der Waals surface area contributed by atoms with E-state index < -0.39 is 0 Å². The van der Waals surface area contributed by atoms with Gasteiger partial charge in [-0.15, -0.1) is 0 Å². The number of hydrogen-bond donors (Lipinski definition) is 1. The summed E-state index contributed by atoms with van der Waals surface area (Å²) in [6, 6.07) is 0. The Hall–Kier alpha value is -1.56. The van der Waals surface area contributed by atoms with E-state index in [1.807, 2.05) is 0 Å². The number of anilines is 1. The molecule has 0 bridgehead atoms. The van der Waals surface area contributed by atoms with E-state index in [4.69, 9.17) is 21.5 Å². The Kier molecular flexibility index (Phi) is 3.68. The third kappa shape index (κ3) is 2.47. The Morgan fingerprint density at radius 2 is 2.13 bits per heavy atom. The number of ether oxygens (including phenoxy) is 1. The Morgan fingerprint density at radius 1 is 1.47 bits per heavy atom. The second-order valence-corrected chi connectivity index (χ2v) is 3.23. The molecule has 1 aromatic heterocycles. The van der Waals surface area contributed by atoms with Crippen LogP contribution in [0, 0.1) is 0 Å². The van der Waals surface area contributed by atoms with Crippen LogP contribution in [0.4, 0.5) is 5.95 Å². The van der Waals surface area contributed by atoms with E-state index >= 15 is 0 Å². The van der Waals surface area contributed by atoms with E-state index in [1.165, 1.54) is 7.11 Å². The predicted octanol–water partition coefficient (Wildman–Crippen LogP) is 1.01. The highest BCUT2D eigenvalue weighted by molar-refractivity contribution is 6.32. The standard InChI is InChI=1S/C8H11ClN4O2/c1-13(2)8-11-6(9)5(4-10-14)7(12-8)15-3/h4,14H,1-3H3. The maximum atomic E-state index is 8.43. The highest BCUT2D eigenvalue weighted by Gasteiger charge is 2.13. The van der Waals surface area contributed by atoms with E-state index in [9.17, 15) is 0 Å². The van der Waals surface area contributed by atoms with Crippen molar-refractivity contribution in [1.82, 2.24) is 9.97 Å². The summed E-state index contributed by atoms with van der Waals surface area (Å²) in [7, 11) is 5.02. The van der Waals surface area contributed by atoms with Gasteiger partial charge in [0.2, 0.25) is 11.8 Å². The van der Waals surface area contributed by atoms with Crippen LogP contribution in [0.1, 0.15) is 5.56 Å². The van der Waals surface area contributed by atoms with Gasteiger partial charge in [-0.2, -0.15) is 4.98 Å². The Morgan fingerprint density at radius 3 is 2.60 bits per heavy atom. The average molecular weight is 231 g/mol. The van der Waals surface area contributed by atoms with Crippen LogP contribution >= 0.6 is 11.6 Å². The summed E-state index contributed by atoms with van der Waals surface area (Å²) in [6.07, 6.45) is 1.13. The second kappa shape index (κ2) is 4.79. The minimum atomic E-state index is 0.170. The smallest absolute Gasteiger partial charge is 0.229 e. The van der Waals surface area contributed by atoms with Crippen molar-refractivity contribution >= 4 is 23.8 Å². The van der Waals surface area contributed by atoms with Crippen molar-refractivity contribution in [2.45, 2.75) is 0 Å². The fraction of sp³-hybridized carbons (Fsp3) is 0.375. The van der Waals surface area contributed by atoms with E-state index in [1.54, 1.807) is 19.0 Å². The molecular formula is C8H11ClN4O2. The molecular weight excluding hydrogens is 220 g/mol. The Labute approximate surface area is 92.2 Å². The minimum Gasteiger partial charge on any atom is -0.480 e. The van der Waals surface area contributed by atoms with E-state index in [-0.39, 0.29) is 11.0 Å². The van der Waals surface area contributed by atoms with Gasteiger partial charge in [-0.1, -0.05) is 16.8 Å². The molecule has 7 heteroatoms. The van der Waals surface area contributed by atoms with Crippen molar-refractivity contribution in [3.05, 3.63) is 10.7 Å². The van der Waals surface area contributed by atoms with Gasteiger partial charge in [-0.3, -0.25) is 0 Å². The van der Waals surface area contributed by atoms with Crippen molar-refractivity contribution in [3.8, 4) is 5.88 Å². The first-order chi connectivity index (χ1) is 7.10. The normalized spacial score (nSPS) is 10.7. The van der Waals surface area contributed by atoms with Crippen LogP contribution in [-0.4, -0.2) is 42.6 Å². The molecule has 0 aliphatic rings. The largest absolute Gasteiger partial charge is 0.480 e. The molecule has 1 heterocycles. The van der Waals surface area contributed by atoms with E-state index in [2.05, 4.69) is 15.1 Å². The topological polar surface area (TPSA) is 70.8 Å². The molecule has 6 nitrogen and oxygen atoms in total. The zero-order valence-electron chi connectivity index (χ0n) is 8.60. The number of rotatable bonds is 3. The van der Waals surface area contributed by atoms with Crippen LogP contribution in [-0.2, 0) is 0 Å². The minimum absolute atomic E-state index is 0.170. The van der Waals surface area contributed by atoms with Gasteiger partial charge in [0.05, 0.1) is 18.9 Å². The van der Waals surface area contributed by atoms with Crippen molar-refractivity contribution < 1.29 is 9.94 Å². The number of nitrogens with zero attached hydrogens (tertiary/aromatic N) is 4. The van der Waals surface area contributed by atoms with Crippen LogP contribution in [0.2, 0.25) is 5.15 Å². The lowest BCUT2D eigenvalue weighted by atomic mass is 10.3. The lowest BCUT2D eigenvalue weighted by molar-refractivity contribution is 0.321. The number of methoxy groups -OCH3 is 1. The molecule has 82 valence electrons. The van der Waals surface area contributed by atoms with Gasteiger partial charge in [-0.05, 0) is 0 Å². The lowest BCUT2D eigenvalue weighted by Gasteiger charge is -2.12. The second-order valence-electron chi connectivity index (χ2n) is 2.88. The molecule has 1 rings (SSSR count). The van der Waals surface area contributed by atoms with Gasteiger partial charge < -0.3 is 14.8 Å². The predicted molar refractivity (Wildman–Crippen MR) is 57.3 cm³/mol. The number of halogens is 1. The third-order valence-corrected chi connectivity index (χ3v) is 1.92. The zero-order valence-corrected chi connectivity index (χ0v) is 9.36. The number of oxime groups is 1. The molecule has 0 unspecified atom stereocenters. The quantitative estimate of drug-likeness (QED) is 0.363. The molecule has 0 saturated heterocycles. The Bertz CT molecular complexity index is 381. The monoisotopic (exact) mass is 230 g/mol. The molecule has 0 saturated carbocycles. The molecule has 0 spiro atoms. The molecule has 0 fully saturated rings. The van der Waals surface area contributed by atoms with Crippen LogP contribution in [0.25, 0.3) is 0 Å². The number of hydrogen-bond acceptors (Lipinski definition) is 6. The van der Waals surface area contributed by atoms with Gasteiger partial charge in [0, 0.05) is 14.1 Å². The fourth-order valence-electron chi connectivity index (χ4n) is 0.934. The molecule has 1 N–H and O–H groups in total. The SMILES string of the molecule is COc1nc(N(C)C)nc(Cl)c1C=NO. The van der Waals surface area contributed by atoms with Crippen LogP contribution in [0.3, 0.4) is 0 Å². The summed E-state index contributed by atoms with van der Waals surface area (Å²) >= 11 is 5.88. The summed E-state index contributed by atoms with van der Waals surface area (Å²) in [4.78, 5) is 9.76. The van der Waals surface area contributed by atoms with Gasteiger partial charge in [0.1, 0.15) is 5.15 Å². The first-order valence-corrected chi connectivity index (χ1v) is 4.44. The van der Waals surface area contributed by atoms with Crippen LogP contribution in [0.15, 0.2) is 5.16 Å². The maximum Gasteiger partial charge on any atom is 0.229 e. The van der Waals surface area contributed by atoms with Crippen LogP contribution < -0.4 is 9.64 Å². The average Bonchev–Trinajstić information content (AvgIpc) is 2.20. The van der Waals surface area contributed by atoms with Gasteiger partial charge >= 0.3 is 0 Å². The molecule has 1 aromatic rings. The summed E-state index contributed by atoms with van der Waals surface area (Å²) in [5.41, 5.74) is 0.340. The van der Waals surface area contributed by atoms with Crippen molar-refractivity contribution in [2.24, 2.45) is 5.16 Å². The highest BCUT2D eigenvalue weighted by atomic mass is 35.5. The molecule has 0 radical (unpaired) electrons. The first-order valence-electron chi connectivity index (χ1n) is 4.06. The summed E-state index contributed by atoms with van der Waals surface area (Å²) in [5, 5.41) is 11.5. The van der Waals surface area contributed by atoms with Crippen molar-refractivity contribution in [2.75, 3.05) is 26.1 Å². The lowest BCUT2D eigenvalue weighted by Crippen LogP contribution is -2.14. The van der Waals surface area contributed by atoms with Gasteiger partial charge in [0.15, 0.2) is 0 Å². The zero-order chi connectivity index (χ0) is 11.4. The highest BCUT2D eigenvalue weighted by Crippen LogP contribution is 2.23. The van der Waals surface area contributed by atoms with Crippen molar-refractivity contribution in [1.29, 1.82) is 0 Å². The first kappa shape index (κ1) is 11.5. The summed E-state index contributed by atoms with van der Waals surface area (Å²) in [6.45, 7) is 0. The van der Waals surface area contributed by atoms with Crippen LogP contribution in [0.5, 0.6) is 5.88 Å². The van der Waals surface area contributed by atoms with Gasteiger partial charge in [0.25, 0.3) is 0 Å². The third-order valence-electron chi connectivity index (χ3n) is 1.63. The molecule has 0 aromatic carbocycles. The molecule has 0 amide bonds.